The number of hydrogen-bond donors (Lipinski definition) is 2. The van der Waals surface area contributed by atoms with Crippen molar-refractivity contribution in [3.63, 3.8) is 0 Å². The Morgan fingerprint density at radius 2 is 1.84 bits per heavy atom. The second kappa shape index (κ2) is 9.31. The van der Waals surface area contributed by atoms with E-state index in [1.807, 2.05) is 0 Å². The fraction of sp³-hybridized carbons (Fsp3) is 0.529. The molecule has 8 heteroatoms. The van der Waals surface area contributed by atoms with E-state index in [0.717, 1.165) is 37.5 Å². The van der Waals surface area contributed by atoms with Gasteiger partial charge in [-0.1, -0.05) is 0 Å². The van der Waals surface area contributed by atoms with E-state index >= 15 is 0 Å². The molecule has 1 aromatic rings. The van der Waals surface area contributed by atoms with E-state index in [9.17, 15) is 18.4 Å². The molecule has 0 spiro atoms. The van der Waals surface area contributed by atoms with Gasteiger partial charge in [-0.2, -0.15) is 0 Å². The predicted molar refractivity (Wildman–Crippen MR) is 89.2 cm³/mol. The number of benzene rings is 1. The number of ether oxygens (including phenoxy) is 1. The highest BCUT2D eigenvalue weighted by atomic mass is 19.1. The number of anilines is 1. The molecule has 1 saturated heterocycles. The van der Waals surface area contributed by atoms with Crippen molar-refractivity contribution >= 4 is 17.6 Å². The molecule has 0 aromatic heterocycles. The fourth-order valence-electron chi connectivity index (χ4n) is 2.85. The lowest BCUT2D eigenvalue weighted by Crippen LogP contribution is -2.41. The van der Waals surface area contributed by atoms with Crippen molar-refractivity contribution in [3.05, 3.63) is 29.8 Å². The molecule has 1 aliphatic rings. The van der Waals surface area contributed by atoms with Crippen LogP contribution in [0.4, 0.5) is 19.3 Å². The van der Waals surface area contributed by atoms with Crippen molar-refractivity contribution in [3.8, 4) is 0 Å². The van der Waals surface area contributed by atoms with Crippen molar-refractivity contribution in [2.45, 2.75) is 19.3 Å². The van der Waals surface area contributed by atoms with Crippen LogP contribution in [0.25, 0.3) is 0 Å². The number of carbonyl (C=O) groups excluding carboxylic acids is 2. The summed E-state index contributed by atoms with van der Waals surface area (Å²) in [5, 5.41) is 5.30. The summed E-state index contributed by atoms with van der Waals surface area (Å²) in [5.41, 5.74) is 0.102. The van der Waals surface area contributed by atoms with Gasteiger partial charge in [0.25, 0.3) is 0 Å². The van der Waals surface area contributed by atoms with Crippen LogP contribution in [0.15, 0.2) is 18.2 Å². The highest BCUT2D eigenvalue weighted by Crippen LogP contribution is 2.21. The van der Waals surface area contributed by atoms with E-state index in [-0.39, 0.29) is 24.2 Å². The topological polar surface area (TPSA) is 70.7 Å². The molecule has 6 nitrogen and oxygen atoms in total. The number of piperidine rings is 1. The van der Waals surface area contributed by atoms with Gasteiger partial charge in [-0.15, -0.1) is 0 Å². The predicted octanol–water partition coefficient (Wildman–Crippen LogP) is 2.36. The lowest BCUT2D eigenvalue weighted by atomic mass is 9.94. The maximum absolute atomic E-state index is 13.2. The molecule has 2 N–H and O–H groups in total. The van der Waals surface area contributed by atoms with E-state index in [4.69, 9.17) is 4.74 Å². The Hall–Kier alpha value is -2.22. The van der Waals surface area contributed by atoms with Crippen molar-refractivity contribution < 1.29 is 23.1 Å². The minimum absolute atomic E-state index is 0.0549. The van der Waals surface area contributed by atoms with Crippen LogP contribution in [-0.2, 0) is 9.53 Å². The zero-order chi connectivity index (χ0) is 18.2. The molecule has 1 aromatic carbocycles. The maximum atomic E-state index is 13.2. The minimum atomic E-state index is -0.732. The van der Waals surface area contributed by atoms with E-state index < -0.39 is 11.6 Å². The highest BCUT2D eigenvalue weighted by Gasteiger charge is 2.23. The smallest absolute Gasteiger partial charge is 0.321 e. The molecule has 0 aliphatic carbocycles. The van der Waals surface area contributed by atoms with Crippen LogP contribution in [0.1, 0.15) is 19.3 Å². The molecular weight excluding hydrogens is 332 g/mol. The Kier molecular flexibility index (Phi) is 7.12. The van der Waals surface area contributed by atoms with Crippen LogP contribution in [0.3, 0.4) is 0 Å². The lowest BCUT2D eigenvalue weighted by Gasteiger charge is -2.32. The summed E-state index contributed by atoms with van der Waals surface area (Å²) in [5.74, 6) is -1.17. The average molecular weight is 355 g/mol. The molecule has 25 heavy (non-hydrogen) atoms. The second-order valence-corrected chi connectivity index (χ2v) is 6.09. The highest BCUT2D eigenvalue weighted by molar-refractivity contribution is 5.89. The lowest BCUT2D eigenvalue weighted by molar-refractivity contribution is -0.124. The SMILES string of the molecule is COCC(=O)NCCC1CCN(C(=O)Nc2cc(F)cc(F)c2)CC1. The number of nitrogens with zero attached hydrogens (tertiary/aromatic N) is 1. The first-order chi connectivity index (χ1) is 12.0. The van der Waals surface area contributed by atoms with Crippen molar-refractivity contribution in [2.75, 3.05) is 38.7 Å². The summed E-state index contributed by atoms with van der Waals surface area (Å²) < 4.78 is 31.0. The van der Waals surface area contributed by atoms with Gasteiger partial charge < -0.3 is 20.3 Å². The Morgan fingerprint density at radius 1 is 1.20 bits per heavy atom. The van der Waals surface area contributed by atoms with E-state index in [1.54, 1.807) is 4.90 Å². The molecule has 1 fully saturated rings. The van der Waals surface area contributed by atoms with Gasteiger partial charge in [-0.05, 0) is 37.3 Å². The number of nitrogens with one attached hydrogen (secondary N) is 2. The number of rotatable bonds is 6. The molecule has 0 radical (unpaired) electrons. The summed E-state index contributed by atoms with van der Waals surface area (Å²) in [6.07, 6.45) is 2.50. The number of likely N-dealkylation sites (tertiary alicyclic amines) is 1. The molecule has 0 atom stereocenters. The van der Waals surface area contributed by atoms with Gasteiger partial charge in [0.1, 0.15) is 18.2 Å². The van der Waals surface area contributed by atoms with Crippen molar-refractivity contribution in [1.82, 2.24) is 10.2 Å². The minimum Gasteiger partial charge on any atom is -0.375 e. The van der Waals surface area contributed by atoms with E-state index in [2.05, 4.69) is 10.6 Å². The largest absolute Gasteiger partial charge is 0.375 e. The third kappa shape index (κ3) is 6.30. The molecule has 2 rings (SSSR count). The van der Waals surface area contributed by atoms with Gasteiger partial charge in [-0.3, -0.25) is 4.79 Å². The van der Waals surface area contributed by atoms with Crippen LogP contribution in [0.2, 0.25) is 0 Å². The Labute approximate surface area is 145 Å². The average Bonchev–Trinajstić information content (AvgIpc) is 2.54. The van der Waals surface area contributed by atoms with Gasteiger partial charge in [0.05, 0.1) is 0 Å². The number of methoxy groups -OCH3 is 1. The molecule has 138 valence electrons. The zero-order valence-electron chi connectivity index (χ0n) is 14.2. The van der Waals surface area contributed by atoms with Gasteiger partial charge in [0, 0.05) is 38.5 Å². The number of hydrogen-bond acceptors (Lipinski definition) is 3. The molecule has 0 bridgehead atoms. The first-order valence-corrected chi connectivity index (χ1v) is 8.25. The third-order valence-corrected chi connectivity index (χ3v) is 4.17. The number of carbonyl (C=O) groups is 2. The van der Waals surface area contributed by atoms with Crippen LogP contribution in [-0.4, -0.2) is 50.2 Å². The van der Waals surface area contributed by atoms with Gasteiger partial charge >= 0.3 is 6.03 Å². The number of halogens is 2. The second-order valence-electron chi connectivity index (χ2n) is 6.09. The summed E-state index contributed by atoms with van der Waals surface area (Å²) in [4.78, 5) is 25.1. The van der Waals surface area contributed by atoms with Crippen LogP contribution >= 0.6 is 0 Å². The molecule has 1 heterocycles. The Balaban J connectivity index is 1.72. The molecule has 1 aliphatic heterocycles. The molecular formula is C17H23F2N3O3. The van der Waals surface area contributed by atoms with Crippen LogP contribution in [0, 0.1) is 17.6 Å². The number of amides is 3. The van der Waals surface area contributed by atoms with E-state index in [1.165, 1.54) is 7.11 Å². The molecule has 0 saturated carbocycles. The third-order valence-electron chi connectivity index (χ3n) is 4.17. The molecule has 0 unspecified atom stereocenters. The van der Waals surface area contributed by atoms with Crippen molar-refractivity contribution in [1.29, 1.82) is 0 Å². The number of urea groups is 1. The Morgan fingerprint density at radius 3 is 2.44 bits per heavy atom. The summed E-state index contributed by atoms with van der Waals surface area (Å²) in [6.45, 7) is 1.78. The monoisotopic (exact) mass is 355 g/mol. The first-order valence-electron chi connectivity index (χ1n) is 8.25. The first kappa shape index (κ1) is 19.1. The normalized spacial score (nSPS) is 15.1. The fourth-order valence-corrected chi connectivity index (χ4v) is 2.85. The molecule has 3 amide bonds. The standard InChI is InChI=1S/C17H23F2N3O3/c1-25-11-16(23)20-5-2-12-3-6-22(7-4-12)17(24)21-15-9-13(18)8-14(19)10-15/h8-10,12H,2-7,11H2,1H3,(H,20,23)(H,21,24). The zero-order valence-corrected chi connectivity index (χ0v) is 14.2. The van der Waals surface area contributed by atoms with Crippen LogP contribution in [0.5, 0.6) is 0 Å². The maximum Gasteiger partial charge on any atom is 0.321 e. The van der Waals surface area contributed by atoms with Gasteiger partial charge in [-0.25, -0.2) is 13.6 Å². The van der Waals surface area contributed by atoms with E-state index in [0.29, 0.717) is 25.6 Å². The van der Waals surface area contributed by atoms with Crippen LogP contribution < -0.4 is 10.6 Å². The van der Waals surface area contributed by atoms with Crippen molar-refractivity contribution in [2.24, 2.45) is 5.92 Å². The quantitative estimate of drug-likeness (QED) is 0.823. The summed E-state index contributed by atoms with van der Waals surface area (Å²) in [6, 6.07) is 2.55. The van der Waals surface area contributed by atoms with Gasteiger partial charge in [0.15, 0.2) is 0 Å². The summed E-state index contributed by atoms with van der Waals surface area (Å²) in [7, 11) is 1.47. The summed E-state index contributed by atoms with van der Waals surface area (Å²) >= 11 is 0. The Bertz CT molecular complexity index is 585. The van der Waals surface area contributed by atoms with Gasteiger partial charge in [0.2, 0.25) is 5.91 Å².